The number of rotatable bonds is 5. The second kappa shape index (κ2) is 6.11. The largest absolute Gasteiger partial charge is 0.490 e. The predicted octanol–water partition coefficient (Wildman–Crippen LogP) is 2.25. The van der Waals surface area contributed by atoms with Crippen molar-refractivity contribution >= 4 is 17.6 Å². The zero-order chi connectivity index (χ0) is 13.0. The molecule has 1 unspecified atom stereocenters. The fraction of sp³-hybridized carbons (Fsp3) is 0.462. The average Bonchev–Trinajstić information content (AvgIpc) is 2.88. The highest BCUT2D eigenvalue weighted by atomic mass is 32.2. The third-order valence-corrected chi connectivity index (χ3v) is 3.71. The minimum Gasteiger partial charge on any atom is -0.490 e. The van der Waals surface area contributed by atoms with Crippen LogP contribution in [0.2, 0.25) is 0 Å². The third kappa shape index (κ3) is 2.97. The Kier molecular flexibility index (Phi) is 4.49. The Morgan fingerprint density at radius 1 is 1.61 bits per heavy atom. The van der Waals surface area contributed by atoms with Crippen molar-refractivity contribution in [2.75, 3.05) is 19.5 Å². The maximum Gasteiger partial charge on any atom is 0.131 e. The first-order valence-electron chi connectivity index (χ1n) is 5.98. The van der Waals surface area contributed by atoms with E-state index in [1.54, 1.807) is 11.8 Å². The molecule has 0 radical (unpaired) electrons. The van der Waals surface area contributed by atoms with Gasteiger partial charge in [0.15, 0.2) is 0 Å². The van der Waals surface area contributed by atoms with E-state index in [1.807, 2.05) is 24.5 Å². The first kappa shape index (κ1) is 13.2. The van der Waals surface area contributed by atoms with Crippen LogP contribution in [0.25, 0.3) is 0 Å². The number of nitrogen functional groups attached to an aromatic ring is 1. The normalized spacial score (nSPS) is 18.8. The number of hydrogen-bond donors (Lipinski definition) is 2. The topological polar surface area (TPSA) is 68.3 Å². The van der Waals surface area contributed by atoms with Crippen molar-refractivity contribution in [2.24, 2.45) is 5.73 Å². The maximum absolute atomic E-state index is 7.66. The van der Waals surface area contributed by atoms with Crippen molar-refractivity contribution in [3.8, 4) is 5.75 Å². The number of thioether (sulfide) groups is 1. The zero-order valence-corrected chi connectivity index (χ0v) is 11.3. The quantitative estimate of drug-likeness (QED) is 0.487. The Morgan fingerprint density at radius 3 is 3.06 bits per heavy atom. The highest BCUT2D eigenvalue weighted by Crippen LogP contribution is 2.29. The summed E-state index contributed by atoms with van der Waals surface area (Å²) in [6.45, 7) is 1.34. The number of ether oxygens (including phenoxy) is 2. The van der Waals surface area contributed by atoms with Gasteiger partial charge in [0.1, 0.15) is 18.2 Å². The Balaban J connectivity index is 2.13. The molecule has 1 atom stereocenters. The van der Waals surface area contributed by atoms with Crippen LogP contribution in [-0.2, 0) is 4.74 Å². The van der Waals surface area contributed by atoms with Crippen LogP contribution < -0.4 is 10.5 Å². The molecule has 1 saturated heterocycles. The van der Waals surface area contributed by atoms with E-state index in [2.05, 4.69) is 0 Å². The zero-order valence-electron chi connectivity index (χ0n) is 10.4. The van der Waals surface area contributed by atoms with Crippen molar-refractivity contribution < 1.29 is 9.47 Å². The van der Waals surface area contributed by atoms with E-state index in [9.17, 15) is 0 Å². The summed E-state index contributed by atoms with van der Waals surface area (Å²) in [4.78, 5) is 0.965. The Bertz CT molecular complexity index is 431. The SMILES string of the molecule is CSc1cccc(OCC2CCCO2)c1C(=N)N. The third-order valence-electron chi connectivity index (χ3n) is 2.93. The molecule has 0 bridgehead atoms. The monoisotopic (exact) mass is 266 g/mol. The molecule has 0 aromatic heterocycles. The lowest BCUT2D eigenvalue weighted by atomic mass is 10.2. The number of benzene rings is 1. The summed E-state index contributed by atoms with van der Waals surface area (Å²) < 4.78 is 11.3. The smallest absolute Gasteiger partial charge is 0.131 e. The van der Waals surface area contributed by atoms with Gasteiger partial charge in [-0.3, -0.25) is 5.41 Å². The number of nitrogens with two attached hydrogens (primary N) is 1. The van der Waals surface area contributed by atoms with Crippen molar-refractivity contribution in [1.82, 2.24) is 0 Å². The van der Waals surface area contributed by atoms with Crippen LogP contribution in [0, 0.1) is 5.41 Å². The summed E-state index contributed by atoms with van der Waals surface area (Å²) in [6.07, 6.45) is 4.27. The molecular formula is C13H18N2O2S. The van der Waals surface area contributed by atoms with E-state index in [0.717, 1.165) is 24.3 Å². The molecule has 2 rings (SSSR count). The Labute approximate surface area is 111 Å². The van der Waals surface area contributed by atoms with Gasteiger partial charge >= 0.3 is 0 Å². The molecule has 0 saturated carbocycles. The summed E-state index contributed by atoms with van der Waals surface area (Å²) in [5.41, 5.74) is 6.32. The van der Waals surface area contributed by atoms with Gasteiger partial charge in [-0.1, -0.05) is 6.07 Å². The minimum absolute atomic E-state index is 0.0438. The van der Waals surface area contributed by atoms with Gasteiger partial charge in [-0.15, -0.1) is 11.8 Å². The van der Waals surface area contributed by atoms with Crippen LogP contribution in [0.4, 0.5) is 0 Å². The molecule has 5 heteroatoms. The molecule has 3 N–H and O–H groups in total. The Morgan fingerprint density at radius 2 is 2.44 bits per heavy atom. The van der Waals surface area contributed by atoms with E-state index < -0.39 is 0 Å². The van der Waals surface area contributed by atoms with Crippen molar-refractivity contribution in [2.45, 2.75) is 23.8 Å². The maximum atomic E-state index is 7.66. The molecule has 1 aromatic rings. The van der Waals surface area contributed by atoms with Gasteiger partial charge in [0.25, 0.3) is 0 Å². The number of hydrogen-bond acceptors (Lipinski definition) is 4. The van der Waals surface area contributed by atoms with Crippen molar-refractivity contribution in [3.05, 3.63) is 23.8 Å². The van der Waals surface area contributed by atoms with Gasteiger partial charge in [-0.05, 0) is 31.2 Å². The van der Waals surface area contributed by atoms with Crippen LogP contribution in [-0.4, -0.2) is 31.4 Å². The van der Waals surface area contributed by atoms with E-state index >= 15 is 0 Å². The fourth-order valence-electron chi connectivity index (χ4n) is 2.03. The first-order valence-corrected chi connectivity index (χ1v) is 7.20. The summed E-state index contributed by atoms with van der Waals surface area (Å²) in [5, 5.41) is 7.66. The molecule has 98 valence electrons. The highest BCUT2D eigenvalue weighted by Gasteiger charge is 2.18. The number of amidine groups is 1. The van der Waals surface area contributed by atoms with Gasteiger partial charge in [0.2, 0.25) is 0 Å². The van der Waals surface area contributed by atoms with Crippen molar-refractivity contribution in [1.29, 1.82) is 5.41 Å². The summed E-state index contributed by atoms with van der Waals surface area (Å²) in [7, 11) is 0. The van der Waals surface area contributed by atoms with E-state index in [1.165, 1.54) is 0 Å². The molecule has 18 heavy (non-hydrogen) atoms. The Hall–Kier alpha value is -1.20. The number of nitrogens with one attached hydrogen (secondary N) is 1. The predicted molar refractivity (Wildman–Crippen MR) is 73.7 cm³/mol. The molecule has 0 amide bonds. The van der Waals surface area contributed by atoms with Crippen molar-refractivity contribution in [3.63, 3.8) is 0 Å². The second-order valence-corrected chi connectivity index (χ2v) is 5.04. The first-order chi connectivity index (χ1) is 8.72. The van der Waals surface area contributed by atoms with Gasteiger partial charge < -0.3 is 15.2 Å². The van der Waals surface area contributed by atoms with Gasteiger partial charge in [-0.25, -0.2) is 0 Å². The molecule has 1 heterocycles. The lowest BCUT2D eigenvalue weighted by Gasteiger charge is -2.16. The van der Waals surface area contributed by atoms with Gasteiger partial charge in [-0.2, -0.15) is 0 Å². The summed E-state index contributed by atoms with van der Waals surface area (Å²) in [6, 6.07) is 5.72. The van der Waals surface area contributed by atoms with E-state index in [-0.39, 0.29) is 11.9 Å². The standard InChI is InChI=1S/C13H18N2O2S/c1-18-11-6-2-5-10(12(11)13(14)15)17-8-9-4-3-7-16-9/h2,5-6,9H,3-4,7-8H2,1H3,(H3,14,15). The molecule has 1 aliphatic rings. The van der Waals surface area contributed by atoms with Crippen LogP contribution >= 0.6 is 11.8 Å². The second-order valence-electron chi connectivity index (χ2n) is 4.19. The average molecular weight is 266 g/mol. The van der Waals surface area contributed by atoms with Crippen LogP contribution in [0.5, 0.6) is 5.75 Å². The van der Waals surface area contributed by atoms with E-state index in [4.69, 9.17) is 20.6 Å². The summed E-state index contributed by atoms with van der Waals surface area (Å²) >= 11 is 1.56. The van der Waals surface area contributed by atoms with Crippen LogP contribution in [0.15, 0.2) is 23.1 Å². The molecule has 4 nitrogen and oxygen atoms in total. The summed E-state index contributed by atoms with van der Waals surface area (Å²) in [5.74, 6) is 0.715. The van der Waals surface area contributed by atoms with Crippen LogP contribution in [0.1, 0.15) is 18.4 Å². The molecular weight excluding hydrogens is 248 g/mol. The molecule has 0 spiro atoms. The lowest BCUT2D eigenvalue weighted by Crippen LogP contribution is -2.19. The van der Waals surface area contributed by atoms with Gasteiger partial charge in [0, 0.05) is 11.5 Å². The van der Waals surface area contributed by atoms with E-state index in [0.29, 0.717) is 17.9 Å². The minimum atomic E-state index is 0.0438. The molecule has 1 aromatic carbocycles. The van der Waals surface area contributed by atoms with Crippen LogP contribution in [0.3, 0.4) is 0 Å². The molecule has 1 aliphatic heterocycles. The lowest BCUT2D eigenvalue weighted by molar-refractivity contribution is 0.0678. The molecule has 0 aliphatic carbocycles. The molecule has 1 fully saturated rings. The van der Waals surface area contributed by atoms with Gasteiger partial charge in [0.05, 0.1) is 11.7 Å². The fourth-order valence-corrected chi connectivity index (χ4v) is 2.65. The highest BCUT2D eigenvalue weighted by molar-refractivity contribution is 7.98.